The van der Waals surface area contributed by atoms with Crippen molar-refractivity contribution in [1.82, 2.24) is 39.8 Å². The number of rotatable bonds is 7. The van der Waals surface area contributed by atoms with E-state index in [9.17, 15) is 19.4 Å². The summed E-state index contributed by atoms with van der Waals surface area (Å²) in [6.45, 7) is 0.338. The minimum absolute atomic E-state index is 0.0823. The van der Waals surface area contributed by atoms with Crippen molar-refractivity contribution in [2.24, 2.45) is 0 Å². The predicted molar refractivity (Wildman–Crippen MR) is 144 cm³/mol. The highest BCUT2D eigenvalue weighted by Gasteiger charge is 2.47. The van der Waals surface area contributed by atoms with E-state index in [1.54, 1.807) is 30.5 Å². The van der Waals surface area contributed by atoms with E-state index in [1.165, 1.54) is 34.8 Å². The molecule has 1 aliphatic rings. The van der Waals surface area contributed by atoms with E-state index in [4.69, 9.17) is 16.3 Å². The van der Waals surface area contributed by atoms with Gasteiger partial charge in [-0.05, 0) is 29.8 Å². The zero-order chi connectivity index (χ0) is 28.7. The van der Waals surface area contributed by atoms with Gasteiger partial charge >= 0.3 is 0 Å². The maximum Gasteiger partial charge on any atom is 0.256 e. The molecule has 3 aromatic heterocycles. The summed E-state index contributed by atoms with van der Waals surface area (Å²) in [5.41, 5.74) is 2.33. The smallest absolute Gasteiger partial charge is 0.256 e. The van der Waals surface area contributed by atoms with Gasteiger partial charge in [0.2, 0.25) is 0 Å². The number of fused-ring (bicyclic) bond motifs is 1. The quantitative estimate of drug-likeness (QED) is 0.223. The van der Waals surface area contributed by atoms with E-state index < -0.39 is 36.3 Å². The largest absolute Gasteiger partial charge is 0.387 e. The highest BCUT2D eigenvalue weighted by atomic mass is 35.5. The average Bonchev–Trinajstić information content (AvgIpc) is 3.70. The topological polar surface area (TPSA) is 165 Å². The number of anilines is 1. The number of benzene rings is 2. The SMILES string of the molecule is CNC(=O)[C@H]1O[C@@H](n2cnc3c(NCc4cccc(Cl)c4)nc(-n4cc(-c5cccc(F)c5)nn4)nc32)[C@H](O)[C@@H]1O. The number of ether oxygens (including phenoxy) is 1. The summed E-state index contributed by atoms with van der Waals surface area (Å²) in [4.78, 5) is 25.8. The van der Waals surface area contributed by atoms with Crippen LogP contribution in [0.25, 0.3) is 28.4 Å². The highest BCUT2D eigenvalue weighted by molar-refractivity contribution is 6.30. The molecule has 1 fully saturated rings. The monoisotopic (exact) mass is 579 g/mol. The molecule has 0 spiro atoms. The second kappa shape index (κ2) is 10.8. The van der Waals surface area contributed by atoms with Crippen molar-refractivity contribution in [2.75, 3.05) is 12.4 Å². The molecule has 2 aromatic carbocycles. The molecule has 4 atom stereocenters. The molecule has 0 bridgehead atoms. The van der Waals surface area contributed by atoms with Crippen LogP contribution in [0.15, 0.2) is 61.1 Å². The summed E-state index contributed by atoms with van der Waals surface area (Å²) in [5, 5.41) is 35.7. The maximum atomic E-state index is 13.8. The Morgan fingerprint density at radius 2 is 1.98 bits per heavy atom. The van der Waals surface area contributed by atoms with E-state index >= 15 is 0 Å². The molecule has 13 nitrogen and oxygen atoms in total. The molecule has 0 radical (unpaired) electrons. The van der Waals surface area contributed by atoms with Crippen LogP contribution in [-0.2, 0) is 16.1 Å². The number of likely N-dealkylation sites (N-methyl/N-ethyl adjacent to an activating group) is 1. The molecule has 1 amide bonds. The molecular weight excluding hydrogens is 557 g/mol. The van der Waals surface area contributed by atoms with Gasteiger partial charge in [0, 0.05) is 24.2 Å². The number of aliphatic hydroxyl groups is 2. The minimum Gasteiger partial charge on any atom is -0.387 e. The summed E-state index contributed by atoms with van der Waals surface area (Å²) in [7, 11) is 1.40. The second-order valence-electron chi connectivity index (χ2n) is 9.28. The number of hydrogen-bond donors (Lipinski definition) is 4. The second-order valence-corrected chi connectivity index (χ2v) is 9.72. The number of carbonyl (C=O) groups is 1. The van der Waals surface area contributed by atoms with Crippen LogP contribution < -0.4 is 10.6 Å². The van der Waals surface area contributed by atoms with Crippen LogP contribution >= 0.6 is 11.6 Å². The molecule has 210 valence electrons. The van der Waals surface area contributed by atoms with Crippen LogP contribution in [0.1, 0.15) is 11.8 Å². The Hall–Kier alpha value is -4.50. The van der Waals surface area contributed by atoms with E-state index in [0.717, 1.165) is 5.56 Å². The number of amides is 1. The van der Waals surface area contributed by atoms with E-state index in [-0.39, 0.29) is 11.6 Å². The molecule has 0 unspecified atom stereocenters. The highest BCUT2D eigenvalue weighted by Crippen LogP contribution is 2.33. The van der Waals surface area contributed by atoms with Gasteiger partial charge in [0.05, 0.1) is 12.5 Å². The number of imidazole rings is 1. The molecule has 4 heterocycles. The van der Waals surface area contributed by atoms with Crippen molar-refractivity contribution < 1.29 is 24.1 Å². The van der Waals surface area contributed by atoms with Gasteiger partial charge in [-0.3, -0.25) is 9.36 Å². The number of hydrogen-bond acceptors (Lipinski definition) is 10. The van der Waals surface area contributed by atoms with Crippen LogP contribution in [0.5, 0.6) is 0 Å². The van der Waals surface area contributed by atoms with Gasteiger partial charge in [-0.15, -0.1) is 5.10 Å². The first kappa shape index (κ1) is 26.7. The summed E-state index contributed by atoms with van der Waals surface area (Å²) in [6, 6.07) is 13.2. The lowest BCUT2D eigenvalue weighted by molar-refractivity contribution is -0.137. The molecule has 1 saturated heterocycles. The van der Waals surface area contributed by atoms with E-state index in [2.05, 4.69) is 35.9 Å². The van der Waals surface area contributed by atoms with Crippen molar-refractivity contribution in [3.05, 3.63) is 77.5 Å². The molecule has 5 aromatic rings. The number of aliphatic hydroxyl groups excluding tert-OH is 2. The van der Waals surface area contributed by atoms with Crippen molar-refractivity contribution in [3.8, 4) is 17.2 Å². The molecule has 0 aliphatic carbocycles. The maximum absolute atomic E-state index is 13.8. The third kappa shape index (κ3) is 5.09. The zero-order valence-electron chi connectivity index (χ0n) is 21.4. The van der Waals surface area contributed by atoms with Gasteiger partial charge in [0.25, 0.3) is 11.9 Å². The van der Waals surface area contributed by atoms with Gasteiger partial charge in [-0.25, -0.2) is 9.37 Å². The summed E-state index contributed by atoms with van der Waals surface area (Å²) in [5.74, 6) is -0.602. The summed E-state index contributed by atoms with van der Waals surface area (Å²) in [6.07, 6.45) is -2.50. The first-order chi connectivity index (χ1) is 19.8. The number of carbonyl (C=O) groups excluding carboxylic acids is 1. The molecule has 41 heavy (non-hydrogen) atoms. The number of halogens is 2. The Balaban J connectivity index is 1.42. The van der Waals surface area contributed by atoms with Crippen LogP contribution in [0.4, 0.5) is 10.2 Å². The van der Waals surface area contributed by atoms with Gasteiger partial charge in [-0.2, -0.15) is 14.6 Å². The summed E-state index contributed by atoms with van der Waals surface area (Å²) < 4.78 is 22.3. The van der Waals surface area contributed by atoms with Crippen LogP contribution in [0.2, 0.25) is 5.02 Å². The normalized spacial score (nSPS) is 20.4. The standard InChI is InChI=1S/C26H23ClFN9O4/c1-29-24(40)21-19(38)20(39)25(41-21)36-12-31-18-22(30-10-13-4-2-6-15(27)8-13)32-26(33-23(18)36)37-11-17(34-35-37)14-5-3-7-16(28)9-14/h2-9,11-12,19-21,25,38-39H,10H2,1H3,(H,29,40)(H,30,32,33)/t19-,20+,21-,25+/m0/s1. The van der Waals surface area contributed by atoms with Crippen LogP contribution in [0, 0.1) is 5.82 Å². The Morgan fingerprint density at radius 1 is 1.15 bits per heavy atom. The molecule has 4 N–H and O–H groups in total. The fourth-order valence-corrected chi connectivity index (χ4v) is 4.75. The fraction of sp³-hybridized carbons (Fsp3) is 0.231. The number of aromatic nitrogens is 7. The number of nitrogens with one attached hydrogen (secondary N) is 2. The Bertz CT molecular complexity index is 1750. The van der Waals surface area contributed by atoms with Crippen LogP contribution in [-0.4, -0.2) is 76.0 Å². The lowest BCUT2D eigenvalue weighted by Crippen LogP contribution is -2.41. The molecule has 15 heteroatoms. The zero-order valence-corrected chi connectivity index (χ0v) is 22.1. The van der Waals surface area contributed by atoms with Crippen molar-refractivity contribution >= 4 is 34.5 Å². The van der Waals surface area contributed by atoms with Gasteiger partial charge in [0.1, 0.15) is 23.7 Å². The van der Waals surface area contributed by atoms with Crippen molar-refractivity contribution in [2.45, 2.75) is 31.1 Å². The lowest BCUT2D eigenvalue weighted by Gasteiger charge is -2.17. The number of nitrogens with zero attached hydrogens (tertiary/aromatic N) is 7. The van der Waals surface area contributed by atoms with Gasteiger partial charge in [0.15, 0.2) is 29.3 Å². The Labute approximate surface area is 236 Å². The third-order valence-electron chi connectivity index (χ3n) is 6.59. The van der Waals surface area contributed by atoms with Gasteiger partial charge in [-0.1, -0.05) is 41.1 Å². The minimum atomic E-state index is -1.48. The average molecular weight is 580 g/mol. The molecule has 0 saturated carbocycles. The van der Waals surface area contributed by atoms with E-state index in [0.29, 0.717) is 34.2 Å². The first-order valence-corrected chi connectivity index (χ1v) is 12.8. The Kier molecular flexibility index (Phi) is 7.05. The fourth-order valence-electron chi connectivity index (χ4n) is 4.54. The van der Waals surface area contributed by atoms with Crippen molar-refractivity contribution in [1.29, 1.82) is 0 Å². The predicted octanol–water partition coefficient (Wildman–Crippen LogP) is 1.84. The lowest BCUT2D eigenvalue weighted by atomic mass is 10.1. The van der Waals surface area contributed by atoms with E-state index in [1.807, 2.05) is 12.1 Å². The summed E-state index contributed by atoms with van der Waals surface area (Å²) >= 11 is 6.14. The van der Waals surface area contributed by atoms with Gasteiger partial charge < -0.3 is 25.6 Å². The van der Waals surface area contributed by atoms with Crippen LogP contribution in [0.3, 0.4) is 0 Å². The molecule has 6 rings (SSSR count). The Morgan fingerprint density at radius 3 is 2.76 bits per heavy atom. The van der Waals surface area contributed by atoms with Crippen molar-refractivity contribution in [3.63, 3.8) is 0 Å². The first-order valence-electron chi connectivity index (χ1n) is 12.5. The third-order valence-corrected chi connectivity index (χ3v) is 6.83. The molecular formula is C26H23ClFN9O4. The molecule has 1 aliphatic heterocycles.